The molecule has 0 saturated heterocycles. The summed E-state index contributed by atoms with van der Waals surface area (Å²) < 4.78 is 3.28. The van der Waals surface area contributed by atoms with Crippen molar-refractivity contribution in [2.75, 3.05) is 0 Å². The van der Waals surface area contributed by atoms with E-state index in [0.29, 0.717) is 0 Å². The first-order valence-corrected chi connectivity index (χ1v) is 8.79. The number of amides is 1. The molecule has 1 aromatic carbocycles. The molecule has 1 amide bonds. The van der Waals surface area contributed by atoms with Crippen LogP contribution in [0.3, 0.4) is 0 Å². The van der Waals surface area contributed by atoms with Crippen molar-refractivity contribution < 1.29 is 4.79 Å². The highest BCUT2D eigenvalue weighted by Gasteiger charge is 2.14. The zero-order valence-corrected chi connectivity index (χ0v) is 16.4. The van der Waals surface area contributed by atoms with Gasteiger partial charge in [-0.2, -0.15) is 5.26 Å². The number of aryl methyl sites for hydroxylation is 1. The third kappa shape index (κ3) is 4.06. The van der Waals surface area contributed by atoms with E-state index < -0.39 is 0 Å². The van der Waals surface area contributed by atoms with Crippen molar-refractivity contribution in [2.24, 2.45) is 0 Å². The van der Waals surface area contributed by atoms with E-state index in [0.717, 1.165) is 26.2 Å². The van der Waals surface area contributed by atoms with Gasteiger partial charge in [0, 0.05) is 26.7 Å². The van der Waals surface area contributed by atoms with E-state index in [1.807, 2.05) is 58.0 Å². The molecule has 1 aromatic heterocycles. The number of nitriles is 1. The predicted octanol–water partition coefficient (Wildman–Crippen LogP) is 4.13. The van der Waals surface area contributed by atoms with Crippen LogP contribution in [0.25, 0.3) is 11.8 Å². The van der Waals surface area contributed by atoms with Gasteiger partial charge >= 0.3 is 0 Å². The molecule has 0 unspecified atom stereocenters. The Bertz CT molecular complexity index is 841. The average Bonchev–Trinajstić information content (AvgIpc) is 2.78. The quantitative estimate of drug-likeness (QED) is 0.448. The molecule has 0 aliphatic carbocycles. The van der Waals surface area contributed by atoms with E-state index in [-0.39, 0.29) is 17.5 Å². The van der Waals surface area contributed by atoms with Crippen LogP contribution in [0.2, 0.25) is 0 Å². The highest BCUT2D eigenvalue weighted by Crippen LogP contribution is 2.23. The number of carbonyl (C=O) groups excluding carboxylic acids is 1. The molecule has 4 nitrogen and oxygen atoms in total. The molecule has 0 spiro atoms. The first-order valence-electron chi connectivity index (χ1n) is 7.71. The summed E-state index contributed by atoms with van der Waals surface area (Å²) in [7, 11) is 0. The molecular weight excluding hydrogens is 413 g/mol. The number of nitrogens with one attached hydrogen (secondary N) is 1. The minimum absolute atomic E-state index is 0.00641. The summed E-state index contributed by atoms with van der Waals surface area (Å²) in [5.41, 5.74) is 4.12. The molecular formula is C19H20IN3O. The highest BCUT2D eigenvalue weighted by atomic mass is 127. The number of rotatable bonds is 4. The molecule has 0 fully saturated rings. The monoisotopic (exact) mass is 433 g/mol. The summed E-state index contributed by atoms with van der Waals surface area (Å²) in [6.45, 7) is 7.75. The lowest BCUT2D eigenvalue weighted by molar-refractivity contribution is -0.117. The Kier molecular flexibility index (Phi) is 5.84. The molecule has 124 valence electrons. The van der Waals surface area contributed by atoms with Gasteiger partial charge in [-0.05, 0) is 86.2 Å². The number of nitrogens with zero attached hydrogens (tertiary/aromatic N) is 2. The molecule has 0 bridgehead atoms. The van der Waals surface area contributed by atoms with Gasteiger partial charge < -0.3 is 9.88 Å². The van der Waals surface area contributed by atoms with Crippen molar-refractivity contribution >= 4 is 34.6 Å². The summed E-state index contributed by atoms with van der Waals surface area (Å²) in [5, 5.41) is 12.1. The van der Waals surface area contributed by atoms with E-state index in [4.69, 9.17) is 0 Å². The van der Waals surface area contributed by atoms with Crippen LogP contribution in [0.15, 0.2) is 35.9 Å². The standard InChI is InChI=1S/C19H20IN3O/c1-12(2)22-19(24)16(11-21)9-15-8-13(3)23(14(15)4)18-7-5-6-17(20)10-18/h5-10,12H,1-4H3,(H,22,24)/b16-9-. The minimum Gasteiger partial charge on any atom is -0.349 e. The summed E-state index contributed by atoms with van der Waals surface area (Å²) >= 11 is 2.29. The van der Waals surface area contributed by atoms with E-state index in [2.05, 4.69) is 38.5 Å². The van der Waals surface area contributed by atoms with Gasteiger partial charge in [-0.15, -0.1) is 0 Å². The maximum Gasteiger partial charge on any atom is 0.262 e. The van der Waals surface area contributed by atoms with Crippen LogP contribution < -0.4 is 5.32 Å². The lowest BCUT2D eigenvalue weighted by Gasteiger charge is -2.10. The number of halogens is 1. The zero-order chi connectivity index (χ0) is 17.9. The van der Waals surface area contributed by atoms with Gasteiger partial charge in [0.25, 0.3) is 5.91 Å². The van der Waals surface area contributed by atoms with E-state index in [1.54, 1.807) is 6.08 Å². The fraction of sp³-hybridized carbons (Fsp3) is 0.263. The molecule has 0 aliphatic heterocycles. The van der Waals surface area contributed by atoms with Gasteiger partial charge in [-0.3, -0.25) is 4.79 Å². The fourth-order valence-corrected chi connectivity index (χ4v) is 3.12. The molecule has 0 radical (unpaired) electrons. The van der Waals surface area contributed by atoms with Crippen molar-refractivity contribution in [3.05, 3.63) is 56.4 Å². The van der Waals surface area contributed by atoms with E-state index in [1.165, 1.54) is 0 Å². The van der Waals surface area contributed by atoms with E-state index in [9.17, 15) is 10.1 Å². The molecule has 2 rings (SSSR count). The van der Waals surface area contributed by atoms with Crippen molar-refractivity contribution in [1.29, 1.82) is 5.26 Å². The number of hydrogen-bond acceptors (Lipinski definition) is 2. The molecule has 0 aliphatic rings. The predicted molar refractivity (Wildman–Crippen MR) is 105 cm³/mol. The summed E-state index contributed by atoms with van der Waals surface area (Å²) in [6.07, 6.45) is 1.66. The number of aromatic nitrogens is 1. The second kappa shape index (κ2) is 7.67. The third-order valence-electron chi connectivity index (χ3n) is 3.62. The average molecular weight is 433 g/mol. The Balaban J connectivity index is 2.47. The Hall–Kier alpha value is -2.07. The summed E-state index contributed by atoms with van der Waals surface area (Å²) in [6, 6.07) is 12.2. The normalized spacial score (nSPS) is 11.5. The van der Waals surface area contributed by atoms with Crippen LogP contribution in [0.1, 0.15) is 30.8 Å². The highest BCUT2D eigenvalue weighted by molar-refractivity contribution is 14.1. The molecule has 0 saturated carbocycles. The first kappa shape index (κ1) is 18.3. The smallest absolute Gasteiger partial charge is 0.262 e. The van der Waals surface area contributed by atoms with Gasteiger partial charge in [0.1, 0.15) is 11.6 Å². The fourth-order valence-electron chi connectivity index (χ4n) is 2.59. The topological polar surface area (TPSA) is 57.8 Å². The Labute approximate surface area is 156 Å². The van der Waals surface area contributed by atoms with Gasteiger partial charge in [-0.25, -0.2) is 0 Å². The maximum atomic E-state index is 12.1. The van der Waals surface area contributed by atoms with Crippen LogP contribution in [0, 0.1) is 28.7 Å². The maximum absolute atomic E-state index is 12.1. The Morgan fingerprint density at radius 3 is 2.62 bits per heavy atom. The summed E-state index contributed by atoms with van der Waals surface area (Å²) in [4.78, 5) is 12.1. The molecule has 1 heterocycles. The molecule has 1 N–H and O–H groups in total. The van der Waals surface area contributed by atoms with Crippen LogP contribution >= 0.6 is 22.6 Å². The summed E-state index contributed by atoms with van der Waals surface area (Å²) in [5.74, 6) is -0.341. The molecule has 0 atom stereocenters. The zero-order valence-electron chi connectivity index (χ0n) is 14.2. The minimum atomic E-state index is -0.341. The SMILES string of the molecule is Cc1cc(/C=C(/C#N)C(=O)NC(C)C)c(C)n1-c1cccc(I)c1. The van der Waals surface area contributed by atoms with Crippen LogP contribution in [0.5, 0.6) is 0 Å². The number of benzene rings is 1. The van der Waals surface area contributed by atoms with Crippen LogP contribution in [-0.2, 0) is 4.79 Å². The lowest BCUT2D eigenvalue weighted by atomic mass is 10.1. The van der Waals surface area contributed by atoms with E-state index >= 15 is 0 Å². The molecule has 2 aromatic rings. The second-order valence-electron chi connectivity index (χ2n) is 5.94. The Morgan fingerprint density at radius 2 is 2.04 bits per heavy atom. The molecule has 24 heavy (non-hydrogen) atoms. The van der Waals surface area contributed by atoms with Gasteiger partial charge in [0.05, 0.1) is 0 Å². The van der Waals surface area contributed by atoms with Crippen molar-refractivity contribution in [2.45, 2.75) is 33.7 Å². The van der Waals surface area contributed by atoms with Crippen LogP contribution in [-0.4, -0.2) is 16.5 Å². The van der Waals surface area contributed by atoms with Crippen molar-refractivity contribution in [3.63, 3.8) is 0 Å². The van der Waals surface area contributed by atoms with Gasteiger partial charge in [0.15, 0.2) is 0 Å². The van der Waals surface area contributed by atoms with Gasteiger partial charge in [-0.1, -0.05) is 6.07 Å². The van der Waals surface area contributed by atoms with Crippen molar-refractivity contribution in [3.8, 4) is 11.8 Å². The second-order valence-corrected chi connectivity index (χ2v) is 7.19. The molecule has 5 heteroatoms. The lowest BCUT2D eigenvalue weighted by Crippen LogP contribution is -2.30. The van der Waals surface area contributed by atoms with Crippen molar-refractivity contribution in [1.82, 2.24) is 9.88 Å². The van der Waals surface area contributed by atoms with Crippen LogP contribution in [0.4, 0.5) is 0 Å². The van der Waals surface area contributed by atoms with Gasteiger partial charge in [0.2, 0.25) is 0 Å². The number of carbonyl (C=O) groups is 1. The third-order valence-corrected chi connectivity index (χ3v) is 4.29. The largest absolute Gasteiger partial charge is 0.349 e. The Morgan fingerprint density at radius 1 is 1.33 bits per heavy atom. The first-order chi connectivity index (χ1) is 11.3. The number of hydrogen-bond donors (Lipinski definition) is 1.